The molecule has 0 saturated heterocycles. The van der Waals surface area contributed by atoms with Gasteiger partial charge in [-0.3, -0.25) is 4.99 Å². The maximum Gasteiger partial charge on any atom is 0.0410 e. The predicted molar refractivity (Wildman–Crippen MR) is 69.4 cm³/mol. The van der Waals surface area contributed by atoms with E-state index in [1.54, 1.807) is 0 Å². The average molecular weight is 210 g/mol. The molecule has 0 saturated carbocycles. The van der Waals surface area contributed by atoms with Gasteiger partial charge < -0.3 is 5.32 Å². The molecule has 0 aromatic heterocycles. The molecule has 2 heteroatoms. The fraction of sp³-hybridized carbons (Fsp3) is 0.769. The van der Waals surface area contributed by atoms with Gasteiger partial charge in [0.05, 0.1) is 0 Å². The highest BCUT2D eigenvalue weighted by Crippen LogP contribution is 2.25. The van der Waals surface area contributed by atoms with Crippen LogP contribution >= 0.6 is 0 Å². The molecule has 0 aromatic rings. The summed E-state index contributed by atoms with van der Waals surface area (Å²) in [5.41, 5.74) is 1.28. The first-order chi connectivity index (χ1) is 6.82. The lowest BCUT2D eigenvalue weighted by molar-refractivity contribution is 0.493. The molecule has 2 unspecified atom stereocenters. The summed E-state index contributed by atoms with van der Waals surface area (Å²) < 4.78 is 0. The Morgan fingerprint density at radius 1 is 1.27 bits per heavy atom. The SMILES string of the molecule is C/C=C(\N=CC(C)C(C)NC)C(C)(C)C. The second kappa shape index (κ2) is 6.06. The van der Waals surface area contributed by atoms with E-state index in [1.165, 1.54) is 0 Å². The molecule has 0 aliphatic carbocycles. The Morgan fingerprint density at radius 2 is 1.80 bits per heavy atom. The molecule has 0 aliphatic heterocycles. The van der Waals surface area contributed by atoms with Crippen molar-refractivity contribution < 1.29 is 0 Å². The van der Waals surface area contributed by atoms with Crippen molar-refractivity contribution in [2.24, 2.45) is 16.3 Å². The molecule has 2 atom stereocenters. The maximum absolute atomic E-state index is 4.58. The van der Waals surface area contributed by atoms with Crippen LogP contribution in [0.25, 0.3) is 0 Å². The van der Waals surface area contributed by atoms with E-state index < -0.39 is 0 Å². The third-order valence-corrected chi connectivity index (χ3v) is 2.73. The van der Waals surface area contributed by atoms with E-state index in [-0.39, 0.29) is 5.41 Å². The van der Waals surface area contributed by atoms with E-state index in [1.807, 2.05) is 20.2 Å². The van der Waals surface area contributed by atoms with Gasteiger partial charge in [0, 0.05) is 29.3 Å². The molecule has 0 spiro atoms. The van der Waals surface area contributed by atoms with E-state index in [2.05, 4.69) is 51.0 Å². The number of rotatable bonds is 4. The maximum atomic E-state index is 4.58. The van der Waals surface area contributed by atoms with Crippen LogP contribution in [0, 0.1) is 11.3 Å². The first-order valence-electron chi connectivity index (χ1n) is 5.71. The van der Waals surface area contributed by atoms with Crippen LogP contribution in [-0.4, -0.2) is 19.3 Å². The van der Waals surface area contributed by atoms with Gasteiger partial charge >= 0.3 is 0 Å². The van der Waals surface area contributed by atoms with Crippen molar-refractivity contribution in [3.8, 4) is 0 Å². The Hall–Kier alpha value is -0.630. The third-order valence-electron chi connectivity index (χ3n) is 2.73. The van der Waals surface area contributed by atoms with Gasteiger partial charge in [0.25, 0.3) is 0 Å². The number of nitrogens with zero attached hydrogens (tertiary/aromatic N) is 1. The highest BCUT2D eigenvalue weighted by Gasteiger charge is 2.15. The zero-order valence-electron chi connectivity index (χ0n) is 11.3. The van der Waals surface area contributed by atoms with Crippen molar-refractivity contribution in [1.29, 1.82) is 0 Å². The minimum atomic E-state index is 0.133. The van der Waals surface area contributed by atoms with Crippen LogP contribution in [0.5, 0.6) is 0 Å². The number of hydrogen-bond donors (Lipinski definition) is 1. The van der Waals surface area contributed by atoms with Crippen molar-refractivity contribution in [2.45, 2.75) is 47.6 Å². The van der Waals surface area contributed by atoms with E-state index in [9.17, 15) is 0 Å². The van der Waals surface area contributed by atoms with Crippen molar-refractivity contribution in [1.82, 2.24) is 5.32 Å². The van der Waals surface area contributed by atoms with E-state index in [4.69, 9.17) is 0 Å². The summed E-state index contributed by atoms with van der Waals surface area (Å²) in [5.74, 6) is 0.451. The summed E-state index contributed by atoms with van der Waals surface area (Å²) >= 11 is 0. The lowest BCUT2D eigenvalue weighted by Gasteiger charge is -2.20. The zero-order valence-corrected chi connectivity index (χ0v) is 11.3. The Kier molecular flexibility index (Phi) is 5.81. The molecular weight excluding hydrogens is 184 g/mol. The first kappa shape index (κ1) is 14.4. The van der Waals surface area contributed by atoms with Crippen LogP contribution in [0.15, 0.2) is 16.8 Å². The lowest BCUT2D eigenvalue weighted by atomic mass is 9.92. The van der Waals surface area contributed by atoms with Crippen LogP contribution in [0.2, 0.25) is 0 Å². The van der Waals surface area contributed by atoms with E-state index in [0.717, 1.165) is 5.70 Å². The normalized spacial score (nSPS) is 18.2. The van der Waals surface area contributed by atoms with Gasteiger partial charge in [-0.05, 0) is 20.9 Å². The molecule has 1 N–H and O–H groups in total. The van der Waals surface area contributed by atoms with Gasteiger partial charge in [0.2, 0.25) is 0 Å². The minimum Gasteiger partial charge on any atom is -0.317 e. The first-order valence-corrected chi connectivity index (χ1v) is 5.71. The third kappa shape index (κ3) is 5.12. The summed E-state index contributed by atoms with van der Waals surface area (Å²) in [7, 11) is 1.98. The molecule has 0 aliphatic rings. The Labute approximate surface area is 94.9 Å². The highest BCUT2D eigenvalue weighted by molar-refractivity contribution is 5.62. The fourth-order valence-electron chi connectivity index (χ4n) is 1.29. The van der Waals surface area contributed by atoms with Crippen molar-refractivity contribution in [3.63, 3.8) is 0 Å². The molecule has 15 heavy (non-hydrogen) atoms. The summed E-state index contributed by atoms with van der Waals surface area (Å²) in [6.07, 6.45) is 4.13. The number of hydrogen-bond acceptors (Lipinski definition) is 2. The Balaban J connectivity index is 4.51. The van der Waals surface area contributed by atoms with E-state index in [0.29, 0.717) is 12.0 Å². The Bertz CT molecular complexity index is 233. The molecule has 0 amide bonds. The predicted octanol–water partition coefficient (Wildman–Crippen LogP) is 3.25. The standard InChI is InChI=1S/C13H26N2/c1-8-12(13(4,5)6)15-9-10(2)11(3)14-7/h8-11,14H,1-7H3/b12-8-,15-9?. The van der Waals surface area contributed by atoms with Crippen LogP contribution in [0.3, 0.4) is 0 Å². The monoisotopic (exact) mass is 210 g/mol. The minimum absolute atomic E-state index is 0.133. The van der Waals surface area contributed by atoms with Gasteiger partial charge in [0.15, 0.2) is 0 Å². The molecule has 0 heterocycles. The number of nitrogens with one attached hydrogen (secondary N) is 1. The van der Waals surface area contributed by atoms with Crippen molar-refractivity contribution in [2.75, 3.05) is 7.05 Å². The Morgan fingerprint density at radius 3 is 2.13 bits per heavy atom. The molecule has 2 nitrogen and oxygen atoms in total. The molecule has 0 radical (unpaired) electrons. The van der Waals surface area contributed by atoms with Gasteiger partial charge in [0.1, 0.15) is 0 Å². The number of allylic oxidation sites excluding steroid dienone is 2. The van der Waals surface area contributed by atoms with Gasteiger partial charge in [-0.2, -0.15) is 0 Å². The van der Waals surface area contributed by atoms with Gasteiger partial charge in [-0.25, -0.2) is 0 Å². The van der Waals surface area contributed by atoms with Crippen LogP contribution in [-0.2, 0) is 0 Å². The molecule has 0 rings (SSSR count). The molecule has 0 bridgehead atoms. The quantitative estimate of drug-likeness (QED) is 0.708. The van der Waals surface area contributed by atoms with Crippen LogP contribution < -0.4 is 5.32 Å². The van der Waals surface area contributed by atoms with Crippen molar-refractivity contribution >= 4 is 6.21 Å². The van der Waals surface area contributed by atoms with Gasteiger partial charge in [-0.1, -0.05) is 33.8 Å². The smallest absolute Gasteiger partial charge is 0.0410 e. The topological polar surface area (TPSA) is 24.4 Å². The molecule has 88 valence electrons. The molecule has 0 fully saturated rings. The van der Waals surface area contributed by atoms with Crippen LogP contribution in [0.4, 0.5) is 0 Å². The zero-order chi connectivity index (χ0) is 12.1. The second-order valence-electron chi connectivity index (χ2n) is 5.14. The molecule has 0 aromatic carbocycles. The summed E-state index contributed by atoms with van der Waals surface area (Å²) in [5, 5.41) is 3.23. The largest absolute Gasteiger partial charge is 0.317 e. The van der Waals surface area contributed by atoms with Crippen molar-refractivity contribution in [3.05, 3.63) is 11.8 Å². The summed E-state index contributed by atoms with van der Waals surface area (Å²) in [4.78, 5) is 4.58. The molecular formula is C13H26N2. The number of aliphatic imine (C=N–C) groups is 1. The van der Waals surface area contributed by atoms with Gasteiger partial charge in [-0.15, -0.1) is 0 Å². The highest BCUT2D eigenvalue weighted by atomic mass is 14.9. The summed E-state index contributed by atoms with van der Waals surface area (Å²) in [6, 6.07) is 0.465. The second-order valence-corrected chi connectivity index (χ2v) is 5.14. The summed E-state index contributed by atoms with van der Waals surface area (Å²) in [6.45, 7) is 13.0. The van der Waals surface area contributed by atoms with Crippen LogP contribution in [0.1, 0.15) is 41.5 Å². The lowest BCUT2D eigenvalue weighted by Crippen LogP contribution is -2.29. The van der Waals surface area contributed by atoms with E-state index >= 15 is 0 Å². The fourth-order valence-corrected chi connectivity index (χ4v) is 1.29. The average Bonchev–Trinajstić information content (AvgIpc) is 2.15.